The molecule has 0 fully saturated rings. The molecule has 1 aromatic rings. The normalized spacial score (nSPS) is 13.9. The van der Waals surface area contributed by atoms with E-state index in [1.54, 1.807) is 0 Å². The van der Waals surface area contributed by atoms with Gasteiger partial charge in [0, 0.05) is 6.42 Å². The Bertz CT molecular complexity index is 386. The second kappa shape index (κ2) is 3.83. The van der Waals surface area contributed by atoms with E-state index in [2.05, 4.69) is 6.07 Å². The molecule has 70 valence electrons. The molecule has 0 bridgehead atoms. The Balaban J connectivity index is 2.22. The van der Waals surface area contributed by atoms with Gasteiger partial charge in [0.1, 0.15) is 0 Å². The Kier molecular flexibility index (Phi) is 2.53. The topological polar surface area (TPSA) is 53.2 Å². The van der Waals surface area contributed by atoms with Crippen LogP contribution in [0.1, 0.15) is 17.5 Å². The van der Waals surface area contributed by atoms with Crippen molar-refractivity contribution in [1.29, 1.82) is 5.26 Å². The van der Waals surface area contributed by atoms with Crippen molar-refractivity contribution in [2.45, 2.75) is 19.4 Å². The van der Waals surface area contributed by atoms with Gasteiger partial charge < -0.3 is 9.68 Å². The first-order valence-electron chi connectivity index (χ1n) is 4.59. The summed E-state index contributed by atoms with van der Waals surface area (Å²) in [6, 6.07) is 7.96. The van der Waals surface area contributed by atoms with Crippen molar-refractivity contribution in [3.63, 3.8) is 0 Å². The van der Waals surface area contributed by atoms with Crippen LogP contribution in [0.2, 0.25) is 0 Å². The van der Waals surface area contributed by atoms with E-state index >= 15 is 0 Å². The lowest BCUT2D eigenvalue weighted by atomic mass is 9.78. The van der Waals surface area contributed by atoms with Gasteiger partial charge in [-0.3, -0.25) is 0 Å². The summed E-state index contributed by atoms with van der Waals surface area (Å²) in [5.41, 5.74) is 2.97. The molecule has 1 aliphatic rings. The zero-order valence-electron chi connectivity index (χ0n) is 7.73. The van der Waals surface area contributed by atoms with Crippen LogP contribution >= 0.6 is 0 Å². The lowest BCUT2D eigenvalue weighted by molar-refractivity contribution is 0.275. The number of aryl methyl sites for hydroxylation is 1. The molecule has 2 rings (SSSR count). The van der Waals surface area contributed by atoms with E-state index < -0.39 is 7.12 Å². The van der Waals surface area contributed by atoms with Gasteiger partial charge in [0.05, 0.1) is 12.7 Å². The molecule has 0 atom stereocenters. The van der Waals surface area contributed by atoms with Gasteiger partial charge in [0.15, 0.2) is 0 Å². The second-order valence-corrected chi connectivity index (χ2v) is 3.35. The van der Waals surface area contributed by atoms with Gasteiger partial charge in [0.2, 0.25) is 0 Å². The highest BCUT2D eigenvalue weighted by Gasteiger charge is 2.26. The van der Waals surface area contributed by atoms with Crippen LogP contribution in [-0.4, -0.2) is 12.1 Å². The number of fused-ring (bicyclic) bond motifs is 1. The fourth-order valence-corrected chi connectivity index (χ4v) is 1.62. The summed E-state index contributed by atoms with van der Waals surface area (Å²) >= 11 is 0. The highest BCUT2D eigenvalue weighted by Crippen LogP contribution is 2.12. The minimum absolute atomic E-state index is 0.481. The molecule has 0 saturated heterocycles. The molecule has 0 amide bonds. The standard InChI is InChI=1S/C10H10BNO2/c12-5-1-2-8-3-4-9-7-14-11(13)10(9)6-8/h3-4,6,13H,1-2,7H2. The minimum Gasteiger partial charge on any atom is -0.423 e. The van der Waals surface area contributed by atoms with Crippen molar-refractivity contribution in [3.8, 4) is 6.07 Å². The molecule has 3 nitrogen and oxygen atoms in total. The van der Waals surface area contributed by atoms with Crippen LogP contribution < -0.4 is 5.46 Å². The molecular weight excluding hydrogens is 177 g/mol. The van der Waals surface area contributed by atoms with E-state index in [1.807, 2.05) is 18.2 Å². The van der Waals surface area contributed by atoms with Gasteiger partial charge in [-0.25, -0.2) is 0 Å². The maximum atomic E-state index is 9.44. The summed E-state index contributed by atoms with van der Waals surface area (Å²) in [6.45, 7) is 0.481. The minimum atomic E-state index is -0.785. The van der Waals surface area contributed by atoms with E-state index in [0.717, 1.165) is 23.0 Å². The predicted molar refractivity (Wildman–Crippen MR) is 52.8 cm³/mol. The first kappa shape index (κ1) is 9.26. The summed E-state index contributed by atoms with van der Waals surface area (Å²) in [6.07, 6.45) is 1.24. The lowest BCUT2D eigenvalue weighted by Gasteiger charge is -2.01. The molecule has 0 unspecified atom stereocenters. The smallest absolute Gasteiger partial charge is 0.423 e. The molecular formula is C10H10BNO2. The zero-order valence-corrected chi connectivity index (χ0v) is 7.73. The van der Waals surface area contributed by atoms with Gasteiger partial charge in [0.25, 0.3) is 0 Å². The molecule has 1 N–H and O–H groups in total. The van der Waals surface area contributed by atoms with Gasteiger partial charge in [-0.2, -0.15) is 5.26 Å². The van der Waals surface area contributed by atoms with E-state index in [1.165, 1.54) is 0 Å². The van der Waals surface area contributed by atoms with Crippen molar-refractivity contribution >= 4 is 12.6 Å². The Morgan fingerprint density at radius 2 is 2.43 bits per heavy atom. The second-order valence-electron chi connectivity index (χ2n) is 3.35. The molecule has 0 saturated carbocycles. The largest absolute Gasteiger partial charge is 0.491 e. The maximum absolute atomic E-state index is 9.44. The van der Waals surface area contributed by atoms with Crippen molar-refractivity contribution in [2.24, 2.45) is 0 Å². The van der Waals surface area contributed by atoms with Crippen LogP contribution in [0, 0.1) is 11.3 Å². The Labute approximate surface area is 83.1 Å². The first-order chi connectivity index (χ1) is 6.81. The summed E-state index contributed by atoms with van der Waals surface area (Å²) in [5.74, 6) is 0. The van der Waals surface area contributed by atoms with Crippen LogP contribution in [0.25, 0.3) is 0 Å². The van der Waals surface area contributed by atoms with Crippen molar-refractivity contribution < 1.29 is 9.68 Å². The van der Waals surface area contributed by atoms with Crippen LogP contribution in [0.5, 0.6) is 0 Å². The van der Waals surface area contributed by atoms with Crippen LogP contribution in [0.15, 0.2) is 18.2 Å². The highest BCUT2D eigenvalue weighted by molar-refractivity contribution is 6.61. The Morgan fingerprint density at radius 1 is 1.57 bits per heavy atom. The number of hydrogen-bond donors (Lipinski definition) is 1. The van der Waals surface area contributed by atoms with Crippen molar-refractivity contribution in [2.75, 3.05) is 0 Å². The monoisotopic (exact) mass is 187 g/mol. The third kappa shape index (κ3) is 1.65. The summed E-state index contributed by atoms with van der Waals surface area (Å²) in [7, 11) is -0.785. The average Bonchev–Trinajstić information content (AvgIpc) is 2.57. The summed E-state index contributed by atoms with van der Waals surface area (Å²) in [5, 5.41) is 17.9. The third-order valence-electron chi connectivity index (χ3n) is 2.40. The SMILES string of the molecule is N#CCCc1ccc2c(c1)B(O)OC2. The van der Waals surface area contributed by atoms with Gasteiger partial charge in [-0.05, 0) is 23.0 Å². The van der Waals surface area contributed by atoms with E-state index in [0.29, 0.717) is 13.0 Å². The molecule has 0 radical (unpaired) electrons. The molecule has 0 aliphatic carbocycles. The Hall–Kier alpha value is -1.31. The molecule has 1 aromatic carbocycles. The lowest BCUT2D eigenvalue weighted by Crippen LogP contribution is -2.28. The number of rotatable bonds is 2. The maximum Gasteiger partial charge on any atom is 0.491 e. The van der Waals surface area contributed by atoms with Crippen molar-refractivity contribution in [3.05, 3.63) is 29.3 Å². The van der Waals surface area contributed by atoms with Gasteiger partial charge in [-0.1, -0.05) is 18.2 Å². The molecule has 0 spiro atoms. The van der Waals surface area contributed by atoms with Crippen LogP contribution in [0.3, 0.4) is 0 Å². The van der Waals surface area contributed by atoms with E-state index in [4.69, 9.17) is 9.92 Å². The highest BCUT2D eigenvalue weighted by atomic mass is 16.5. The number of benzene rings is 1. The zero-order chi connectivity index (χ0) is 9.97. The summed E-state index contributed by atoms with van der Waals surface area (Å²) in [4.78, 5) is 0. The predicted octanol–water partition coefficient (Wildman–Crippen LogP) is 0.360. The molecule has 14 heavy (non-hydrogen) atoms. The average molecular weight is 187 g/mol. The first-order valence-corrected chi connectivity index (χ1v) is 4.59. The third-order valence-corrected chi connectivity index (χ3v) is 2.40. The quantitative estimate of drug-likeness (QED) is 0.680. The van der Waals surface area contributed by atoms with Crippen LogP contribution in [0.4, 0.5) is 0 Å². The fraction of sp³-hybridized carbons (Fsp3) is 0.300. The number of nitriles is 1. The number of hydrogen-bond acceptors (Lipinski definition) is 3. The fourth-order valence-electron chi connectivity index (χ4n) is 1.62. The van der Waals surface area contributed by atoms with Crippen LogP contribution in [-0.2, 0) is 17.7 Å². The summed E-state index contributed by atoms with van der Waals surface area (Å²) < 4.78 is 5.07. The van der Waals surface area contributed by atoms with Crippen molar-refractivity contribution in [1.82, 2.24) is 0 Å². The molecule has 4 heteroatoms. The van der Waals surface area contributed by atoms with Gasteiger partial charge in [-0.15, -0.1) is 0 Å². The molecule has 0 aromatic heterocycles. The Morgan fingerprint density at radius 3 is 3.21 bits per heavy atom. The van der Waals surface area contributed by atoms with E-state index in [-0.39, 0.29) is 0 Å². The van der Waals surface area contributed by atoms with Gasteiger partial charge >= 0.3 is 7.12 Å². The molecule has 1 heterocycles. The molecule has 1 aliphatic heterocycles. The van der Waals surface area contributed by atoms with E-state index in [9.17, 15) is 5.02 Å². The number of nitrogens with zero attached hydrogens (tertiary/aromatic N) is 1.